The minimum absolute atomic E-state index is 0.0716. The summed E-state index contributed by atoms with van der Waals surface area (Å²) in [4.78, 5) is 16.4. The number of thioether (sulfide) groups is 1. The molecule has 0 bridgehead atoms. The maximum absolute atomic E-state index is 11.7. The lowest BCUT2D eigenvalue weighted by Gasteiger charge is -2.14. The minimum atomic E-state index is 0.0716. The Morgan fingerprint density at radius 2 is 2.04 bits per heavy atom. The molecule has 0 radical (unpaired) electrons. The van der Waals surface area contributed by atoms with Gasteiger partial charge in [-0.2, -0.15) is 0 Å². The predicted molar refractivity (Wildman–Crippen MR) is 104 cm³/mol. The number of nitrogens with zero attached hydrogens (tertiary/aromatic N) is 2. The van der Waals surface area contributed by atoms with Gasteiger partial charge in [-0.15, -0.1) is 0 Å². The Bertz CT molecular complexity index is 750. The molecule has 1 aromatic heterocycles. The van der Waals surface area contributed by atoms with Crippen LogP contribution in [0.25, 0.3) is 0 Å². The summed E-state index contributed by atoms with van der Waals surface area (Å²) in [5.41, 5.74) is 4.05. The van der Waals surface area contributed by atoms with Crippen molar-refractivity contribution in [3.63, 3.8) is 0 Å². The highest BCUT2D eigenvalue weighted by Crippen LogP contribution is 2.30. The van der Waals surface area contributed by atoms with E-state index in [1.54, 1.807) is 18.7 Å². The number of ketones is 1. The first-order chi connectivity index (χ1) is 11.8. The first kappa shape index (κ1) is 19.6. The number of ether oxygens (including phenoxy) is 1. The van der Waals surface area contributed by atoms with Crippen molar-refractivity contribution < 1.29 is 9.53 Å². The van der Waals surface area contributed by atoms with Gasteiger partial charge in [0.1, 0.15) is 5.75 Å². The number of Topliss-reactive ketones (excluding diaryl/α,β-unsaturated/α-hetero) is 1. The topological polar surface area (TPSA) is 44.1 Å². The van der Waals surface area contributed by atoms with Gasteiger partial charge in [0.15, 0.2) is 10.9 Å². The largest absolute Gasteiger partial charge is 0.494 e. The third-order valence-corrected chi connectivity index (χ3v) is 5.12. The highest BCUT2D eigenvalue weighted by atomic mass is 32.2. The van der Waals surface area contributed by atoms with Crippen LogP contribution in [0, 0.1) is 19.8 Å². The van der Waals surface area contributed by atoms with Gasteiger partial charge in [-0.3, -0.25) is 4.79 Å². The Hall–Kier alpha value is -1.75. The van der Waals surface area contributed by atoms with Crippen molar-refractivity contribution in [2.75, 3.05) is 6.61 Å². The minimum Gasteiger partial charge on any atom is -0.494 e. The van der Waals surface area contributed by atoms with Crippen molar-refractivity contribution >= 4 is 17.5 Å². The molecule has 0 fully saturated rings. The van der Waals surface area contributed by atoms with Crippen molar-refractivity contribution in [3.05, 3.63) is 40.7 Å². The maximum Gasteiger partial charge on any atom is 0.168 e. The quantitative estimate of drug-likeness (QED) is 0.488. The second-order valence-electron chi connectivity index (χ2n) is 6.67. The van der Waals surface area contributed by atoms with Gasteiger partial charge in [0.05, 0.1) is 12.3 Å². The molecule has 1 heterocycles. The van der Waals surface area contributed by atoms with E-state index in [2.05, 4.69) is 32.3 Å². The van der Waals surface area contributed by atoms with E-state index < -0.39 is 0 Å². The number of rotatable bonds is 8. The third-order valence-electron chi connectivity index (χ3n) is 4.09. The molecule has 1 aromatic carbocycles. The number of imidazole rings is 1. The summed E-state index contributed by atoms with van der Waals surface area (Å²) in [7, 11) is 0. The van der Waals surface area contributed by atoms with Crippen molar-refractivity contribution in [2.24, 2.45) is 5.92 Å². The van der Waals surface area contributed by atoms with Gasteiger partial charge >= 0.3 is 0 Å². The van der Waals surface area contributed by atoms with Crippen molar-refractivity contribution in [1.82, 2.24) is 9.55 Å². The van der Waals surface area contributed by atoms with E-state index in [0.717, 1.165) is 40.0 Å². The Labute approximate surface area is 155 Å². The van der Waals surface area contributed by atoms with Gasteiger partial charge in [-0.1, -0.05) is 25.6 Å². The zero-order chi connectivity index (χ0) is 18.6. The average molecular weight is 361 g/mol. The van der Waals surface area contributed by atoms with Crippen LogP contribution in [0.3, 0.4) is 0 Å². The molecule has 0 atom stereocenters. The lowest BCUT2D eigenvalue weighted by Crippen LogP contribution is -2.08. The van der Waals surface area contributed by atoms with Crippen LogP contribution in [0.15, 0.2) is 23.4 Å². The van der Waals surface area contributed by atoms with E-state index in [1.807, 2.05) is 25.1 Å². The second-order valence-corrected chi connectivity index (χ2v) is 7.61. The van der Waals surface area contributed by atoms with Crippen molar-refractivity contribution in [3.8, 4) is 5.75 Å². The summed E-state index contributed by atoms with van der Waals surface area (Å²) >= 11 is 1.70. The monoisotopic (exact) mass is 360 g/mol. The number of aromatic nitrogens is 2. The molecule has 0 unspecified atom stereocenters. The van der Waals surface area contributed by atoms with Crippen LogP contribution in [-0.2, 0) is 12.3 Å². The number of aryl methyl sites for hydroxylation is 1. The van der Waals surface area contributed by atoms with Gasteiger partial charge in [-0.05, 0) is 51.8 Å². The molecule has 0 saturated heterocycles. The molecular weight excluding hydrogens is 332 g/mol. The highest BCUT2D eigenvalue weighted by molar-refractivity contribution is 7.98. The zero-order valence-electron chi connectivity index (χ0n) is 16.0. The normalized spacial score (nSPS) is 11.2. The van der Waals surface area contributed by atoms with Gasteiger partial charge in [0.2, 0.25) is 0 Å². The molecule has 4 nitrogen and oxygen atoms in total. The third kappa shape index (κ3) is 4.88. The molecule has 0 aliphatic rings. The van der Waals surface area contributed by atoms with Crippen LogP contribution >= 0.6 is 11.8 Å². The van der Waals surface area contributed by atoms with Gasteiger partial charge < -0.3 is 9.30 Å². The van der Waals surface area contributed by atoms with E-state index in [1.165, 1.54) is 5.69 Å². The molecule has 0 aliphatic carbocycles. The molecule has 0 amide bonds. The predicted octanol–water partition coefficient (Wildman–Crippen LogP) is 5.05. The van der Waals surface area contributed by atoms with Crippen LogP contribution in [-0.4, -0.2) is 21.9 Å². The molecule has 0 N–H and O–H groups in total. The Kier molecular flexibility index (Phi) is 6.71. The molecule has 0 saturated carbocycles. The first-order valence-electron chi connectivity index (χ1n) is 8.76. The van der Waals surface area contributed by atoms with Crippen LogP contribution in [0.1, 0.15) is 55.0 Å². The smallest absolute Gasteiger partial charge is 0.168 e. The lowest BCUT2D eigenvalue weighted by atomic mass is 10.1. The SMILES string of the molecule is CCOc1ccc(C(C)=O)cc1CSc1nc(C)c(C)n1CC(C)C. The summed E-state index contributed by atoms with van der Waals surface area (Å²) in [5.74, 6) is 2.20. The van der Waals surface area contributed by atoms with Gasteiger partial charge in [0, 0.05) is 29.1 Å². The van der Waals surface area contributed by atoms with E-state index in [4.69, 9.17) is 9.72 Å². The molecule has 5 heteroatoms. The number of hydrogen-bond donors (Lipinski definition) is 0. The number of carbonyl (C=O) groups excluding carboxylic acids is 1. The highest BCUT2D eigenvalue weighted by Gasteiger charge is 2.15. The zero-order valence-corrected chi connectivity index (χ0v) is 16.9. The molecule has 0 spiro atoms. The Morgan fingerprint density at radius 1 is 1.32 bits per heavy atom. The molecule has 25 heavy (non-hydrogen) atoms. The molecular formula is C20H28N2O2S. The van der Waals surface area contributed by atoms with E-state index in [9.17, 15) is 4.79 Å². The first-order valence-corrected chi connectivity index (χ1v) is 9.75. The van der Waals surface area contributed by atoms with Gasteiger partial charge in [-0.25, -0.2) is 4.98 Å². The molecule has 0 aliphatic heterocycles. The number of hydrogen-bond acceptors (Lipinski definition) is 4. The lowest BCUT2D eigenvalue weighted by molar-refractivity contribution is 0.101. The standard InChI is InChI=1S/C20H28N2O2S/c1-7-24-19-9-8-17(16(6)23)10-18(19)12-25-20-21-14(4)15(5)22(20)11-13(2)3/h8-10,13H,7,11-12H2,1-6H3. The van der Waals surface area contributed by atoms with Crippen molar-refractivity contribution in [2.45, 2.75) is 59.0 Å². The second kappa shape index (κ2) is 8.56. The van der Waals surface area contributed by atoms with Crippen molar-refractivity contribution in [1.29, 1.82) is 0 Å². The average Bonchev–Trinajstić information content (AvgIpc) is 2.81. The Morgan fingerprint density at radius 3 is 2.64 bits per heavy atom. The number of benzene rings is 1. The molecule has 2 aromatic rings. The summed E-state index contributed by atoms with van der Waals surface area (Å²) in [5, 5.41) is 1.03. The summed E-state index contributed by atoms with van der Waals surface area (Å²) in [6.07, 6.45) is 0. The summed E-state index contributed by atoms with van der Waals surface area (Å²) in [6, 6.07) is 5.67. The van der Waals surface area contributed by atoms with Crippen LogP contribution < -0.4 is 4.74 Å². The van der Waals surface area contributed by atoms with Gasteiger partial charge in [0.25, 0.3) is 0 Å². The van der Waals surface area contributed by atoms with E-state index in [0.29, 0.717) is 12.5 Å². The van der Waals surface area contributed by atoms with Crippen LogP contribution in [0.2, 0.25) is 0 Å². The summed E-state index contributed by atoms with van der Waals surface area (Å²) < 4.78 is 8.02. The maximum atomic E-state index is 11.7. The fourth-order valence-electron chi connectivity index (χ4n) is 2.66. The van der Waals surface area contributed by atoms with Crippen LogP contribution in [0.5, 0.6) is 5.75 Å². The summed E-state index contributed by atoms with van der Waals surface area (Å²) in [6.45, 7) is 13.7. The van der Waals surface area contributed by atoms with E-state index >= 15 is 0 Å². The Balaban J connectivity index is 2.27. The molecule has 136 valence electrons. The van der Waals surface area contributed by atoms with Crippen LogP contribution in [0.4, 0.5) is 0 Å². The fourth-order valence-corrected chi connectivity index (χ4v) is 3.74. The number of carbonyl (C=O) groups is 1. The molecule has 2 rings (SSSR count). The van der Waals surface area contributed by atoms with E-state index in [-0.39, 0.29) is 5.78 Å². The fraction of sp³-hybridized carbons (Fsp3) is 0.500.